The molecule has 0 amide bonds. The largest absolute Gasteiger partial charge is 0.204 e. The maximum absolute atomic E-state index is 13.9. The first-order valence-electron chi connectivity index (χ1n) is 5.07. The van der Waals surface area contributed by atoms with E-state index in [1.165, 1.54) is 0 Å². The molecule has 0 unspecified atom stereocenters. The summed E-state index contributed by atoms with van der Waals surface area (Å²) in [5.74, 6) is 3.96. The Morgan fingerprint density at radius 3 is 0.944 bits per heavy atom. The van der Waals surface area contributed by atoms with Crippen molar-refractivity contribution in [3.05, 3.63) is 34.1 Å². The molecular weight excluding hydrogens is 285 g/mol. The summed E-state index contributed by atoms with van der Waals surface area (Å²) in [7, 11) is 1.42. The number of benzene rings is 1. The molecule has 0 fully saturated rings. The topological polar surface area (TPSA) is 0 Å². The SMILES string of the molecule is Fc1c(C#C[SiH3])c(F)c(C#C[SiH3])c(F)c1C#C[SiH3]. The third-order valence-corrected chi connectivity index (χ3v) is 2.82. The Balaban J connectivity index is 3.87. The van der Waals surface area contributed by atoms with Crippen molar-refractivity contribution in [2.45, 2.75) is 0 Å². The Morgan fingerprint density at radius 2 is 0.778 bits per heavy atom. The van der Waals surface area contributed by atoms with Crippen molar-refractivity contribution in [1.82, 2.24) is 0 Å². The normalized spacial score (nSPS) is 8.83. The van der Waals surface area contributed by atoms with Crippen LogP contribution in [0.1, 0.15) is 16.7 Å². The van der Waals surface area contributed by atoms with Crippen molar-refractivity contribution in [3.63, 3.8) is 0 Å². The predicted octanol–water partition coefficient (Wildman–Crippen LogP) is -1.87. The molecule has 0 aliphatic rings. The van der Waals surface area contributed by atoms with Gasteiger partial charge in [-0.3, -0.25) is 0 Å². The fraction of sp³-hybridized carbons (Fsp3) is 0. The Morgan fingerprint density at radius 1 is 0.556 bits per heavy atom. The van der Waals surface area contributed by atoms with Gasteiger partial charge in [0.2, 0.25) is 0 Å². The van der Waals surface area contributed by atoms with Gasteiger partial charge in [-0.1, -0.05) is 17.8 Å². The van der Waals surface area contributed by atoms with E-state index >= 15 is 0 Å². The molecule has 0 saturated carbocycles. The summed E-state index contributed by atoms with van der Waals surface area (Å²) < 4.78 is 41.7. The van der Waals surface area contributed by atoms with Gasteiger partial charge < -0.3 is 0 Å². The molecule has 0 nitrogen and oxygen atoms in total. The molecule has 6 heteroatoms. The minimum absolute atomic E-state index is 0.440. The second kappa shape index (κ2) is 6.32. The summed E-state index contributed by atoms with van der Waals surface area (Å²) in [5, 5.41) is 0. The molecule has 1 aromatic rings. The lowest BCUT2D eigenvalue weighted by atomic mass is 10.0. The van der Waals surface area contributed by atoms with Crippen LogP contribution in [0.15, 0.2) is 0 Å². The minimum atomic E-state index is -1.03. The first kappa shape index (κ1) is 14.4. The number of hydrogen-bond donors (Lipinski definition) is 0. The summed E-state index contributed by atoms with van der Waals surface area (Å²) >= 11 is 0. The van der Waals surface area contributed by atoms with Crippen LogP contribution < -0.4 is 0 Å². The van der Waals surface area contributed by atoms with Gasteiger partial charge >= 0.3 is 0 Å². The van der Waals surface area contributed by atoms with Gasteiger partial charge in [0.15, 0.2) is 17.5 Å². The van der Waals surface area contributed by atoms with Crippen LogP contribution in [0.25, 0.3) is 0 Å². The maximum Gasteiger partial charge on any atom is 0.160 e. The quantitative estimate of drug-likeness (QED) is 0.388. The summed E-state index contributed by atoms with van der Waals surface area (Å²) in [6.45, 7) is 0. The van der Waals surface area contributed by atoms with E-state index < -0.39 is 34.1 Å². The number of rotatable bonds is 0. The van der Waals surface area contributed by atoms with E-state index in [0.717, 1.165) is 0 Å². The van der Waals surface area contributed by atoms with Crippen LogP contribution in [0.3, 0.4) is 0 Å². The molecule has 0 spiro atoms. The second-order valence-electron chi connectivity index (χ2n) is 3.19. The molecule has 0 heterocycles. The average molecular weight is 294 g/mol. The van der Waals surface area contributed by atoms with E-state index in [-0.39, 0.29) is 0 Å². The molecule has 0 bridgehead atoms. The zero-order chi connectivity index (χ0) is 13.7. The first-order chi connectivity index (χ1) is 8.58. The lowest BCUT2D eigenvalue weighted by molar-refractivity contribution is 0.531. The maximum atomic E-state index is 13.9. The van der Waals surface area contributed by atoms with Crippen molar-refractivity contribution < 1.29 is 13.2 Å². The van der Waals surface area contributed by atoms with Crippen LogP contribution in [-0.4, -0.2) is 30.7 Å². The Bertz CT molecular complexity index is 560. The van der Waals surface area contributed by atoms with E-state index in [1.54, 1.807) is 0 Å². The molecule has 0 N–H and O–H groups in total. The van der Waals surface area contributed by atoms with Crippen molar-refractivity contribution >= 4 is 30.7 Å². The highest BCUT2D eigenvalue weighted by atomic mass is 28.2. The highest BCUT2D eigenvalue weighted by molar-refractivity contribution is 6.23. The molecule has 0 atom stereocenters. The van der Waals surface area contributed by atoms with Crippen LogP contribution >= 0.6 is 0 Å². The van der Waals surface area contributed by atoms with Crippen molar-refractivity contribution in [2.24, 2.45) is 0 Å². The molecule has 0 aliphatic carbocycles. The Labute approximate surface area is 113 Å². The lowest BCUT2D eigenvalue weighted by Crippen LogP contribution is -2.04. The number of halogens is 3. The highest BCUT2D eigenvalue weighted by Crippen LogP contribution is 2.23. The van der Waals surface area contributed by atoms with Gasteiger partial charge in [-0.2, -0.15) is 0 Å². The molecule has 90 valence electrons. The van der Waals surface area contributed by atoms with Gasteiger partial charge in [0.1, 0.15) is 0 Å². The zero-order valence-electron chi connectivity index (χ0n) is 10.1. The zero-order valence-corrected chi connectivity index (χ0v) is 16.1. The van der Waals surface area contributed by atoms with Crippen molar-refractivity contribution in [2.75, 3.05) is 0 Å². The van der Waals surface area contributed by atoms with E-state index in [2.05, 4.69) is 34.4 Å². The van der Waals surface area contributed by atoms with Crippen molar-refractivity contribution in [3.8, 4) is 34.4 Å². The molecule has 0 aromatic heterocycles. The fourth-order valence-electron chi connectivity index (χ4n) is 1.37. The molecule has 0 radical (unpaired) electrons. The standard InChI is InChI=1S/C12H9F3Si3/c13-10-7(1-4-16)11(14)9(3-6-18)12(15)8(10)2-5-17/h16-18H3. The van der Waals surface area contributed by atoms with Crippen LogP contribution in [0.2, 0.25) is 0 Å². The lowest BCUT2D eigenvalue weighted by Gasteiger charge is -2.06. The molecule has 18 heavy (non-hydrogen) atoms. The third-order valence-electron chi connectivity index (χ3n) is 2.07. The number of hydrogen-bond acceptors (Lipinski definition) is 0. The molecule has 0 saturated heterocycles. The van der Waals surface area contributed by atoms with Crippen LogP contribution in [0.4, 0.5) is 13.2 Å². The van der Waals surface area contributed by atoms with Crippen LogP contribution in [0.5, 0.6) is 0 Å². The summed E-state index contributed by atoms with van der Waals surface area (Å²) in [6, 6.07) is 0. The van der Waals surface area contributed by atoms with Gasteiger partial charge in [0.05, 0.1) is 47.4 Å². The second-order valence-corrected chi connectivity index (χ2v) is 4.69. The Kier molecular flexibility index (Phi) is 5.06. The molecule has 1 rings (SSSR count). The summed E-state index contributed by atoms with van der Waals surface area (Å²) in [5.41, 5.74) is 6.27. The van der Waals surface area contributed by atoms with Crippen LogP contribution in [0, 0.1) is 51.8 Å². The summed E-state index contributed by atoms with van der Waals surface area (Å²) in [4.78, 5) is 0. The van der Waals surface area contributed by atoms with Gasteiger partial charge in [0, 0.05) is 0 Å². The predicted molar refractivity (Wildman–Crippen MR) is 76.8 cm³/mol. The minimum Gasteiger partial charge on any atom is -0.204 e. The fourth-order valence-corrected chi connectivity index (χ4v) is 2.12. The van der Waals surface area contributed by atoms with Gasteiger partial charge in [0.25, 0.3) is 0 Å². The van der Waals surface area contributed by atoms with E-state index in [9.17, 15) is 13.2 Å². The molecule has 1 aromatic carbocycles. The molecule has 0 aliphatic heterocycles. The van der Waals surface area contributed by atoms with Gasteiger partial charge in [-0.15, -0.1) is 16.6 Å². The van der Waals surface area contributed by atoms with E-state index in [1.807, 2.05) is 0 Å². The average Bonchev–Trinajstić information content (AvgIpc) is 2.35. The monoisotopic (exact) mass is 294 g/mol. The van der Waals surface area contributed by atoms with Gasteiger partial charge in [-0.05, 0) is 0 Å². The van der Waals surface area contributed by atoms with Gasteiger partial charge in [-0.25, -0.2) is 13.2 Å². The smallest absolute Gasteiger partial charge is 0.160 e. The van der Waals surface area contributed by atoms with E-state index in [0.29, 0.717) is 30.7 Å². The molecular formula is C12H9F3Si3. The van der Waals surface area contributed by atoms with Crippen molar-refractivity contribution in [1.29, 1.82) is 0 Å². The third kappa shape index (κ3) is 2.60. The Hall–Kier alpha value is -1.66. The van der Waals surface area contributed by atoms with Crippen LogP contribution in [-0.2, 0) is 0 Å². The summed E-state index contributed by atoms with van der Waals surface area (Å²) in [6.07, 6.45) is 0. The van der Waals surface area contributed by atoms with E-state index in [4.69, 9.17) is 0 Å². The highest BCUT2D eigenvalue weighted by Gasteiger charge is 2.22. The first-order valence-corrected chi connectivity index (χ1v) is 8.07.